The highest BCUT2D eigenvalue weighted by Crippen LogP contribution is 2.34. The molecule has 0 unspecified atom stereocenters. The Balaban J connectivity index is 2.05. The molecule has 0 aromatic rings. The fourth-order valence-electron chi connectivity index (χ4n) is 2.76. The topological polar surface area (TPSA) is 40.5 Å². The van der Waals surface area contributed by atoms with Gasteiger partial charge in [0, 0.05) is 0 Å². The molecule has 0 radical (unpaired) electrons. The van der Waals surface area contributed by atoms with Gasteiger partial charge in [-0.25, -0.2) is 0 Å². The van der Waals surface area contributed by atoms with Gasteiger partial charge in [-0.1, -0.05) is 25.3 Å². The van der Waals surface area contributed by atoms with Crippen LogP contribution in [-0.2, 0) is 0 Å². The van der Waals surface area contributed by atoms with Crippen molar-refractivity contribution in [1.82, 2.24) is 0 Å². The van der Waals surface area contributed by atoms with Crippen LogP contribution in [0, 0.1) is 5.92 Å². The van der Waals surface area contributed by atoms with Crippen LogP contribution >= 0.6 is 0 Å². The van der Waals surface area contributed by atoms with Gasteiger partial charge in [0.2, 0.25) is 0 Å². The summed E-state index contributed by atoms with van der Waals surface area (Å²) in [6.45, 7) is 0. The summed E-state index contributed by atoms with van der Waals surface area (Å²) in [4.78, 5) is 0. The van der Waals surface area contributed by atoms with Gasteiger partial charge in [-0.05, 0) is 37.2 Å². The Morgan fingerprint density at radius 1 is 0.929 bits per heavy atom. The summed E-state index contributed by atoms with van der Waals surface area (Å²) >= 11 is 0. The maximum atomic E-state index is 9.86. The van der Waals surface area contributed by atoms with E-state index in [9.17, 15) is 10.2 Å². The molecule has 2 N–H and O–H groups in total. The molecule has 2 nitrogen and oxygen atoms in total. The predicted molar refractivity (Wildman–Crippen MR) is 55.9 cm³/mol. The van der Waals surface area contributed by atoms with E-state index in [2.05, 4.69) is 0 Å². The van der Waals surface area contributed by atoms with Crippen molar-refractivity contribution in [2.75, 3.05) is 0 Å². The molecule has 0 amide bonds. The minimum absolute atomic E-state index is 0.276. The van der Waals surface area contributed by atoms with E-state index in [1.54, 1.807) is 0 Å². The quantitative estimate of drug-likeness (QED) is 0.630. The molecule has 1 saturated carbocycles. The maximum Gasteiger partial charge on any atom is 0.0754 e. The van der Waals surface area contributed by atoms with E-state index in [1.807, 2.05) is 6.08 Å². The van der Waals surface area contributed by atoms with Crippen LogP contribution in [0.2, 0.25) is 0 Å². The molecular formula is C12H20O2. The van der Waals surface area contributed by atoms with E-state index in [4.69, 9.17) is 0 Å². The molecule has 2 atom stereocenters. The lowest BCUT2D eigenvalue weighted by molar-refractivity contribution is 0.123. The number of aliphatic hydroxyl groups excluding tert-OH is 2. The second-order valence-electron chi connectivity index (χ2n) is 4.66. The van der Waals surface area contributed by atoms with Gasteiger partial charge in [-0.3, -0.25) is 0 Å². The molecular weight excluding hydrogens is 176 g/mol. The zero-order chi connectivity index (χ0) is 9.97. The van der Waals surface area contributed by atoms with Crippen molar-refractivity contribution >= 4 is 0 Å². The highest BCUT2D eigenvalue weighted by atomic mass is 16.3. The average Bonchev–Trinajstić information content (AvgIpc) is 2.23. The minimum Gasteiger partial charge on any atom is -0.389 e. The van der Waals surface area contributed by atoms with Crippen molar-refractivity contribution in [3.8, 4) is 0 Å². The van der Waals surface area contributed by atoms with Gasteiger partial charge in [-0.2, -0.15) is 0 Å². The van der Waals surface area contributed by atoms with Crippen molar-refractivity contribution in [2.24, 2.45) is 5.92 Å². The molecule has 2 rings (SSSR count). The van der Waals surface area contributed by atoms with Crippen molar-refractivity contribution in [3.63, 3.8) is 0 Å². The predicted octanol–water partition coefficient (Wildman–Crippen LogP) is 2.01. The zero-order valence-corrected chi connectivity index (χ0v) is 8.65. The molecule has 2 heteroatoms. The summed E-state index contributed by atoms with van der Waals surface area (Å²) < 4.78 is 0. The highest BCUT2D eigenvalue weighted by Gasteiger charge is 2.26. The van der Waals surface area contributed by atoms with Crippen LogP contribution in [-0.4, -0.2) is 22.4 Å². The van der Waals surface area contributed by atoms with E-state index >= 15 is 0 Å². The summed E-state index contributed by atoms with van der Waals surface area (Å²) in [5, 5.41) is 19.4. The van der Waals surface area contributed by atoms with Gasteiger partial charge in [0.15, 0.2) is 0 Å². The minimum atomic E-state index is -0.310. The van der Waals surface area contributed by atoms with Gasteiger partial charge >= 0.3 is 0 Å². The third-order valence-electron chi connectivity index (χ3n) is 3.58. The molecule has 0 saturated heterocycles. The van der Waals surface area contributed by atoms with Crippen LogP contribution in [0.15, 0.2) is 11.6 Å². The molecule has 2 aliphatic rings. The Hall–Kier alpha value is -0.340. The lowest BCUT2D eigenvalue weighted by Gasteiger charge is -2.31. The smallest absolute Gasteiger partial charge is 0.0754 e. The van der Waals surface area contributed by atoms with Gasteiger partial charge in [0.05, 0.1) is 12.2 Å². The van der Waals surface area contributed by atoms with E-state index < -0.39 is 0 Å². The second-order valence-corrected chi connectivity index (χ2v) is 4.66. The Bertz CT molecular complexity index is 216. The zero-order valence-electron chi connectivity index (χ0n) is 8.65. The first-order chi connectivity index (χ1) is 6.77. The third-order valence-corrected chi connectivity index (χ3v) is 3.58. The Morgan fingerprint density at radius 2 is 1.64 bits per heavy atom. The molecule has 0 heterocycles. The molecule has 14 heavy (non-hydrogen) atoms. The van der Waals surface area contributed by atoms with E-state index in [0.717, 1.165) is 18.4 Å². The van der Waals surface area contributed by atoms with E-state index in [-0.39, 0.29) is 12.2 Å². The average molecular weight is 196 g/mol. The molecule has 0 aromatic carbocycles. The molecule has 0 aliphatic heterocycles. The first-order valence-corrected chi connectivity index (χ1v) is 5.85. The van der Waals surface area contributed by atoms with Crippen LogP contribution in [0.1, 0.15) is 44.9 Å². The molecule has 0 spiro atoms. The van der Waals surface area contributed by atoms with Crippen LogP contribution in [0.5, 0.6) is 0 Å². The molecule has 2 aliphatic carbocycles. The number of hydrogen-bond donors (Lipinski definition) is 2. The first-order valence-electron chi connectivity index (χ1n) is 5.85. The van der Waals surface area contributed by atoms with Gasteiger partial charge in [0.25, 0.3) is 0 Å². The first kappa shape index (κ1) is 10.2. The summed E-state index contributed by atoms with van der Waals surface area (Å²) in [5.74, 6) is 0.550. The number of aliphatic hydroxyl groups is 2. The lowest BCUT2D eigenvalue weighted by atomic mass is 9.78. The summed E-state index contributed by atoms with van der Waals surface area (Å²) in [5.41, 5.74) is 1.13. The second kappa shape index (κ2) is 4.45. The fraction of sp³-hybridized carbons (Fsp3) is 0.833. The fourth-order valence-corrected chi connectivity index (χ4v) is 2.76. The van der Waals surface area contributed by atoms with Crippen LogP contribution < -0.4 is 0 Å². The van der Waals surface area contributed by atoms with E-state index in [1.165, 1.54) is 32.1 Å². The van der Waals surface area contributed by atoms with Crippen molar-refractivity contribution in [3.05, 3.63) is 11.6 Å². The number of hydrogen-bond acceptors (Lipinski definition) is 2. The lowest BCUT2D eigenvalue weighted by Crippen LogP contribution is -2.27. The highest BCUT2D eigenvalue weighted by molar-refractivity contribution is 5.17. The number of rotatable bonds is 1. The summed E-state index contributed by atoms with van der Waals surface area (Å²) in [7, 11) is 0. The third kappa shape index (κ3) is 2.18. The molecule has 80 valence electrons. The van der Waals surface area contributed by atoms with Crippen LogP contribution in [0.25, 0.3) is 0 Å². The van der Waals surface area contributed by atoms with Crippen LogP contribution in [0.3, 0.4) is 0 Å². The van der Waals surface area contributed by atoms with Crippen molar-refractivity contribution in [2.45, 2.75) is 57.2 Å². The summed E-state index contributed by atoms with van der Waals surface area (Å²) in [6, 6.07) is 0. The monoisotopic (exact) mass is 196 g/mol. The van der Waals surface area contributed by atoms with Gasteiger partial charge < -0.3 is 10.2 Å². The molecule has 0 aromatic heterocycles. The standard InChI is InChI=1S/C12H20O2/c13-10-6-7-12(14)11(8-10)9-4-2-1-3-5-9/h8-10,12-14H,1-7H2/t10-,12+/m0/s1. The Kier molecular flexibility index (Phi) is 3.24. The maximum absolute atomic E-state index is 9.86. The largest absolute Gasteiger partial charge is 0.389 e. The van der Waals surface area contributed by atoms with E-state index in [0.29, 0.717) is 5.92 Å². The normalized spacial score (nSPS) is 35.4. The van der Waals surface area contributed by atoms with Gasteiger partial charge in [0.1, 0.15) is 0 Å². The van der Waals surface area contributed by atoms with Crippen LogP contribution in [0.4, 0.5) is 0 Å². The SMILES string of the molecule is O[C@@H]1C=C(C2CCCCC2)[C@H](O)CC1. The van der Waals surface area contributed by atoms with Crippen molar-refractivity contribution in [1.29, 1.82) is 0 Å². The molecule has 0 bridgehead atoms. The van der Waals surface area contributed by atoms with Gasteiger partial charge in [-0.15, -0.1) is 0 Å². The molecule has 1 fully saturated rings. The van der Waals surface area contributed by atoms with Crippen molar-refractivity contribution < 1.29 is 10.2 Å². The summed E-state index contributed by atoms with van der Waals surface area (Å²) in [6.07, 6.45) is 9.09. The Labute approximate surface area is 85.6 Å². The Morgan fingerprint density at radius 3 is 2.36 bits per heavy atom.